The topological polar surface area (TPSA) is 29.3 Å². The maximum absolute atomic E-state index is 13.8. The average Bonchev–Trinajstić information content (AvgIpc) is 2.65. The van der Waals surface area contributed by atoms with Crippen LogP contribution in [0.1, 0.15) is 17.5 Å². The van der Waals surface area contributed by atoms with Crippen molar-refractivity contribution in [3.63, 3.8) is 0 Å². The van der Waals surface area contributed by atoms with Gasteiger partial charge < -0.3 is 10.6 Å². The fourth-order valence-electron chi connectivity index (χ4n) is 2.73. The van der Waals surface area contributed by atoms with Crippen LogP contribution in [-0.4, -0.2) is 6.54 Å². The zero-order valence-electron chi connectivity index (χ0n) is 11.1. The molecule has 0 bridgehead atoms. The third kappa shape index (κ3) is 2.52. The van der Waals surface area contributed by atoms with Crippen molar-refractivity contribution < 1.29 is 4.39 Å². The van der Waals surface area contributed by atoms with Gasteiger partial charge in [-0.25, -0.2) is 4.39 Å². The Balaban J connectivity index is 1.97. The molecular weight excluding hydrogens is 319 g/mol. The van der Waals surface area contributed by atoms with Crippen LogP contribution in [0.25, 0.3) is 0 Å². The summed E-state index contributed by atoms with van der Waals surface area (Å²) in [6.07, 6.45) is 2.11. The van der Waals surface area contributed by atoms with Gasteiger partial charge in [-0.15, -0.1) is 0 Å². The second-order valence-electron chi connectivity index (χ2n) is 5.12. The van der Waals surface area contributed by atoms with Gasteiger partial charge in [0.25, 0.3) is 0 Å². The number of nitrogens with zero attached hydrogens (tertiary/aromatic N) is 1. The van der Waals surface area contributed by atoms with Gasteiger partial charge in [0.1, 0.15) is 5.82 Å². The first-order valence-corrected chi connectivity index (χ1v) is 7.50. The van der Waals surface area contributed by atoms with Crippen LogP contribution in [0.15, 0.2) is 40.9 Å². The molecule has 0 aliphatic carbocycles. The SMILES string of the molecule is Nc1cc(Br)c(F)cc1N1CCCc2ccccc2C1. The maximum atomic E-state index is 13.8. The highest BCUT2D eigenvalue weighted by molar-refractivity contribution is 9.10. The van der Waals surface area contributed by atoms with Gasteiger partial charge >= 0.3 is 0 Å². The summed E-state index contributed by atoms with van der Waals surface area (Å²) in [7, 11) is 0. The largest absolute Gasteiger partial charge is 0.397 e. The number of rotatable bonds is 1. The van der Waals surface area contributed by atoms with E-state index >= 15 is 0 Å². The van der Waals surface area contributed by atoms with Gasteiger partial charge in [0.15, 0.2) is 0 Å². The Labute approximate surface area is 126 Å². The number of nitrogen functional groups attached to an aromatic ring is 1. The van der Waals surface area contributed by atoms with E-state index in [1.54, 1.807) is 6.07 Å². The van der Waals surface area contributed by atoms with Crippen molar-refractivity contribution in [1.82, 2.24) is 0 Å². The molecule has 1 heterocycles. The molecule has 0 atom stereocenters. The second kappa shape index (κ2) is 5.44. The van der Waals surface area contributed by atoms with Gasteiger partial charge in [-0.1, -0.05) is 24.3 Å². The number of hydrogen-bond acceptors (Lipinski definition) is 2. The van der Waals surface area contributed by atoms with E-state index in [1.165, 1.54) is 17.2 Å². The Kier molecular flexibility index (Phi) is 3.66. The van der Waals surface area contributed by atoms with Crippen LogP contribution in [0.2, 0.25) is 0 Å². The van der Waals surface area contributed by atoms with Crippen LogP contribution in [0.4, 0.5) is 15.8 Å². The van der Waals surface area contributed by atoms with Crippen molar-refractivity contribution in [1.29, 1.82) is 0 Å². The molecule has 0 aromatic heterocycles. The van der Waals surface area contributed by atoms with Crippen molar-refractivity contribution in [2.24, 2.45) is 0 Å². The van der Waals surface area contributed by atoms with Gasteiger partial charge in [-0.3, -0.25) is 0 Å². The van der Waals surface area contributed by atoms with Gasteiger partial charge in [0, 0.05) is 19.2 Å². The number of benzene rings is 2. The van der Waals surface area contributed by atoms with Crippen LogP contribution in [0.5, 0.6) is 0 Å². The van der Waals surface area contributed by atoms with Crippen LogP contribution in [0.3, 0.4) is 0 Å². The molecule has 0 saturated carbocycles. The Morgan fingerprint density at radius 3 is 2.70 bits per heavy atom. The third-order valence-corrected chi connectivity index (χ3v) is 4.37. The molecule has 2 aromatic carbocycles. The van der Waals surface area contributed by atoms with Crippen molar-refractivity contribution in [2.75, 3.05) is 17.2 Å². The van der Waals surface area contributed by atoms with Crippen molar-refractivity contribution in [3.05, 3.63) is 57.8 Å². The Morgan fingerprint density at radius 2 is 1.90 bits per heavy atom. The summed E-state index contributed by atoms with van der Waals surface area (Å²) in [6.45, 7) is 1.67. The first-order chi connectivity index (χ1) is 9.65. The van der Waals surface area contributed by atoms with E-state index in [-0.39, 0.29) is 5.82 Å². The Morgan fingerprint density at radius 1 is 1.15 bits per heavy atom. The summed E-state index contributed by atoms with van der Waals surface area (Å²) < 4.78 is 14.2. The van der Waals surface area contributed by atoms with E-state index in [0.29, 0.717) is 10.2 Å². The lowest BCUT2D eigenvalue weighted by atomic mass is 10.0. The van der Waals surface area contributed by atoms with E-state index in [9.17, 15) is 4.39 Å². The second-order valence-corrected chi connectivity index (χ2v) is 5.97. The zero-order valence-corrected chi connectivity index (χ0v) is 12.7. The molecule has 1 aliphatic heterocycles. The average molecular weight is 335 g/mol. The number of nitrogens with two attached hydrogens (primary N) is 1. The first kappa shape index (κ1) is 13.4. The van der Waals surface area contributed by atoms with Crippen LogP contribution in [-0.2, 0) is 13.0 Å². The third-order valence-electron chi connectivity index (χ3n) is 3.76. The summed E-state index contributed by atoms with van der Waals surface area (Å²) in [5.74, 6) is -0.272. The molecule has 4 heteroatoms. The fraction of sp³-hybridized carbons (Fsp3) is 0.250. The van der Waals surface area contributed by atoms with E-state index in [2.05, 4.69) is 39.0 Å². The van der Waals surface area contributed by atoms with Crippen molar-refractivity contribution >= 4 is 27.3 Å². The highest BCUT2D eigenvalue weighted by atomic mass is 79.9. The van der Waals surface area contributed by atoms with Gasteiger partial charge in [-0.05, 0) is 46.0 Å². The van der Waals surface area contributed by atoms with E-state index < -0.39 is 0 Å². The van der Waals surface area contributed by atoms with E-state index in [4.69, 9.17) is 5.73 Å². The summed E-state index contributed by atoms with van der Waals surface area (Å²) >= 11 is 3.17. The molecule has 0 spiro atoms. The normalized spacial score (nSPS) is 14.8. The molecule has 2 nitrogen and oxygen atoms in total. The number of fused-ring (bicyclic) bond motifs is 1. The lowest BCUT2D eigenvalue weighted by Crippen LogP contribution is -2.23. The molecule has 3 rings (SSSR count). The zero-order chi connectivity index (χ0) is 14.1. The highest BCUT2D eigenvalue weighted by Crippen LogP contribution is 2.32. The maximum Gasteiger partial charge on any atom is 0.139 e. The molecule has 0 saturated heterocycles. The number of hydrogen-bond donors (Lipinski definition) is 1. The molecule has 0 amide bonds. The molecule has 0 unspecified atom stereocenters. The Bertz CT molecular complexity index is 642. The molecule has 0 radical (unpaired) electrons. The Hall–Kier alpha value is -1.55. The summed E-state index contributed by atoms with van der Waals surface area (Å²) in [4.78, 5) is 2.16. The standard InChI is InChI=1S/C16H16BrFN2/c17-13-8-15(19)16(9-14(13)18)20-7-3-6-11-4-1-2-5-12(11)10-20/h1-2,4-5,8-9H,3,6-7,10,19H2. The molecule has 0 fully saturated rings. The summed E-state index contributed by atoms with van der Waals surface area (Å²) in [6, 6.07) is 11.6. The minimum atomic E-state index is -0.272. The lowest BCUT2D eigenvalue weighted by Gasteiger charge is -2.25. The van der Waals surface area contributed by atoms with E-state index in [0.717, 1.165) is 31.6 Å². The highest BCUT2D eigenvalue weighted by Gasteiger charge is 2.17. The summed E-state index contributed by atoms with van der Waals surface area (Å²) in [5.41, 5.74) is 10.1. The fourth-order valence-corrected chi connectivity index (χ4v) is 3.09. The monoisotopic (exact) mass is 334 g/mol. The summed E-state index contributed by atoms with van der Waals surface area (Å²) in [5, 5.41) is 0. The smallest absolute Gasteiger partial charge is 0.139 e. The molecule has 104 valence electrons. The first-order valence-electron chi connectivity index (χ1n) is 6.71. The van der Waals surface area contributed by atoms with Crippen molar-refractivity contribution in [2.45, 2.75) is 19.4 Å². The number of anilines is 2. The van der Waals surface area contributed by atoms with Crippen LogP contribution < -0.4 is 10.6 Å². The molecule has 1 aliphatic rings. The lowest BCUT2D eigenvalue weighted by molar-refractivity contribution is 0.619. The van der Waals surface area contributed by atoms with E-state index in [1.807, 2.05) is 6.07 Å². The predicted molar refractivity (Wildman–Crippen MR) is 84.3 cm³/mol. The molecule has 20 heavy (non-hydrogen) atoms. The minimum absolute atomic E-state index is 0.272. The molecule has 2 aromatic rings. The number of aryl methyl sites for hydroxylation is 1. The quantitative estimate of drug-likeness (QED) is 0.794. The number of halogens is 2. The molecule has 2 N–H and O–H groups in total. The van der Waals surface area contributed by atoms with Crippen molar-refractivity contribution in [3.8, 4) is 0 Å². The van der Waals surface area contributed by atoms with Crippen LogP contribution >= 0.6 is 15.9 Å². The predicted octanol–water partition coefficient (Wildman–Crippen LogP) is 4.12. The molecular formula is C16H16BrFN2. The minimum Gasteiger partial charge on any atom is -0.397 e. The van der Waals surface area contributed by atoms with Gasteiger partial charge in [-0.2, -0.15) is 0 Å². The van der Waals surface area contributed by atoms with Gasteiger partial charge in [0.05, 0.1) is 15.8 Å². The van der Waals surface area contributed by atoms with Gasteiger partial charge in [0.2, 0.25) is 0 Å². The van der Waals surface area contributed by atoms with Crippen LogP contribution in [0, 0.1) is 5.82 Å².